The molecule has 3 fully saturated rings. The van der Waals surface area contributed by atoms with Crippen molar-refractivity contribution in [3.05, 3.63) is 52.6 Å². The number of nitrogens with zero attached hydrogens (tertiary/aromatic N) is 1. The Kier molecular flexibility index (Phi) is 6.68. The lowest BCUT2D eigenvalue weighted by Crippen LogP contribution is -2.58. The maximum atomic E-state index is 13.7. The summed E-state index contributed by atoms with van der Waals surface area (Å²) in [6.45, 7) is 3.51. The molecule has 0 N–H and O–H groups in total. The Balaban J connectivity index is 1.66. The molecule has 6 nitrogen and oxygen atoms in total. The number of fused-ring (bicyclic) bond motifs is 4. The van der Waals surface area contributed by atoms with E-state index in [0.29, 0.717) is 25.0 Å². The summed E-state index contributed by atoms with van der Waals surface area (Å²) >= 11 is 0. The van der Waals surface area contributed by atoms with Crippen LogP contribution in [0.5, 0.6) is 0 Å². The van der Waals surface area contributed by atoms with Crippen molar-refractivity contribution < 1.29 is 23.9 Å². The highest BCUT2D eigenvalue weighted by molar-refractivity contribution is 5.92. The van der Waals surface area contributed by atoms with Gasteiger partial charge in [-0.1, -0.05) is 30.7 Å². The zero-order valence-electron chi connectivity index (χ0n) is 22.8. The number of esters is 1. The van der Waals surface area contributed by atoms with Crippen LogP contribution in [-0.2, 0) is 23.9 Å². The number of ether oxygens (including phenoxy) is 2. The summed E-state index contributed by atoms with van der Waals surface area (Å²) < 4.78 is 11.4. The molecule has 1 aromatic rings. The van der Waals surface area contributed by atoms with Crippen molar-refractivity contribution in [1.29, 1.82) is 0 Å². The molecular weight excluding hydrogens is 466 g/mol. The molecule has 0 saturated heterocycles. The highest BCUT2D eigenvalue weighted by Crippen LogP contribution is 2.67. The number of allylic oxidation sites excluding steroid dienone is 4. The Morgan fingerprint density at radius 2 is 1.86 bits per heavy atom. The number of carbonyl (C=O) groups excluding carboxylic acids is 3. The van der Waals surface area contributed by atoms with E-state index in [9.17, 15) is 14.4 Å². The highest BCUT2D eigenvalue weighted by Gasteiger charge is 2.67. The van der Waals surface area contributed by atoms with Crippen LogP contribution < -0.4 is 4.90 Å². The fourth-order valence-corrected chi connectivity index (χ4v) is 8.06. The van der Waals surface area contributed by atoms with E-state index in [1.54, 1.807) is 0 Å². The van der Waals surface area contributed by atoms with Gasteiger partial charge in [-0.25, -0.2) is 0 Å². The minimum Gasteiger partial charge on any atom is -0.451 e. The lowest BCUT2D eigenvalue weighted by molar-refractivity contribution is -0.185. The second kappa shape index (κ2) is 9.54. The number of hydrogen-bond donors (Lipinski definition) is 0. The Morgan fingerprint density at radius 1 is 1.14 bits per heavy atom. The molecule has 3 saturated carbocycles. The standard InChI is InChI=1S/C31H39NO5/c1-19(33)37-31(28(35)18-36-5)15-14-27-25-12-8-21-16-23(34)11-13-24(21)29(25)26(17-30(27,31)2)20-6-9-22(10-7-20)32(3)4/h6-10,25-27H,11-18H2,1-5H3/t25?,26-,27?,30+,31+/m1/s1. The van der Waals surface area contributed by atoms with Gasteiger partial charge in [0, 0.05) is 58.0 Å². The third-order valence-corrected chi connectivity index (χ3v) is 9.69. The van der Waals surface area contributed by atoms with Gasteiger partial charge in [0.15, 0.2) is 5.60 Å². The average molecular weight is 506 g/mol. The van der Waals surface area contributed by atoms with Gasteiger partial charge in [0.05, 0.1) is 0 Å². The fourth-order valence-electron chi connectivity index (χ4n) is 8.06. The second-order valence-electron chi connectivity index (χ2n) is 11.8. The van der Waals surface area contributed by atoms with Gasteiger partial charge in [-0.05, 0) is 72.8 Å². The van der Waals surface area contributed by atoms with Crippen LogP contribution in [0.3, 0.4) is 0 Å². The zero-order chi connectivity index (χ0) is 26.5. The highest BCUT2D eigenvalue weighted by atomic mass is 16.6. The van der Waals surface area contributed by atoms with Crippen LogP contribution in [0, 0.1) is 17.3 Å². The van der Waals surface area contributed by atoms with Crippen molar-refractivity contribution >= 4 is 23.2 Å². The molecule has 0 amide bonds. The molecular formula is C31H39NO5. The zero-order valence-corrected chi connectivity index (χ0v) is 22.8. The topological polar surface area (TPSA) is 72.9 Å². The molecule has 0 spiro atoms. The number of carbonyl (C=O) groups is 3. The number of methoxy groups -OCH3 is 1. The summed E-state index contributed by atoms with van der Waals surface area (Å²) in [5.74, 6) is 0.335. The van der Waals surface area contributed by atoms with Gasteiger partial charge in [-0.15, -0.1) is 0 Å². The van der Waals surface area contributed by atoms with E-state index in [-0.39, 0.29) is 30.1 Å². The summed E-state index contributed by atoms with van der Waals surface area (Å²) in [4.78, 5) is 40.5. The largest absolute Gasteiger partial charge is 0.451 e. The van der Waals surface area contributed by atoms with Crippen LogP contribution in [-0.4, -0.2) is 50.9 Å². The minimum absolute atomic E-state index is 0.0669. The molecule has 198 valence electrons. The smallest absolute Gasteiger partial charge is 0.303 e. The van der Waals surface area contributed by atoms with Gasteiger partial charge in [0.2, 0.25) is 5.78 Å². The SMILES string of the molecule is COCC(=O)[C@@]1(OC(C)=O)CCC2C3CC=C4CC(=O)CCC4=C3[C@@H](c3ccc(N(C)C)cc3)C[C@@]21C. The number of rotatable bonds is 6. The van der Waals surface area contributed by atoms with Crippen molar-refractivity contribution in [3.63, 3.8) is 0 Å². The number of Topliss-reactive ketones (excluding diaryl/α,β-unsaturated/α-hetero) is 2. The van der Waals surface area contributed by atoms with Crippen LogP contribution in [0.15, 0.2) is 47.1 Å². The Hall–Kier alpha value is -2.73. The molecule has 4 aliphatic rings. The van der Waals surface area contributed by atoms with E-state index >= 15 is 0 Å². The van der Waals surface area contributed by atoms with Crippen molar-refractivity contribution in [2.45, 2.75) is 70.3 Å². The number of benzene rings is 1. The summed E-state index contributed by atoms with van der Waals surface area (Å²) in [5, 5.41) is 0. The monoisotopic (exact) mass is 505 g/mol. The Bertz CT molecular complexity index is 1180. The summed E-state index contributed by atoms with van der Waals surface area (Å²) in [6, 6.07) is 8.72. The minimum atomic E-state index is -1.19. The normalized spacial score (nSPS) is 32.7. The quantitative estimate of drug-likeness (QED) is 0.497. The van der Waals surface area contributed by atoms with Crippen molar-refractivity contribution in [2.75, 3.05) is 32.7 Å². The van der Waals surface area contributed by atoms with Gasteiger partial charge >= 0.3 is 5.97 Å². The van der Waals surface area contributed by atoms with Crippen LogP contribution in [0.4, 0.5) is 5.69 Å². The van der Waals surface area contributed by atoms with Gasteiger partial charge in [-0.2, -0.15) is 0 Å². The summed E-state index contributed by atoms with van der Waals surface area (Å²) in [5.41, 5.74) is 4.68. The van der Waals surface area contributed by atoms with Crippen molar-refractivity contribution in [3.8, 4) is 0 Å². The number of ketones is 2. The Morgan fingerprint density at radius 3 is 2.51 bits per heavy atom. The summed E-state index contributed by atoms with van der Waals surface area (Å²) in [7, 11) is 5.59. The first-order valence-corrected chi connectivity index (χ1v) is 13.5. The molecule has 0 radical (unpaired) electrons. The van der Waals surface area contributed by atoms with Crippen LogP contribution in [0.1, 0.15) is 70.3 Å². The molecule has 5 atom stereocenters. The van der Waals surface area contributed by atoms with E-state index in [2.05, 4.69) is 42.2 Å². The van der Waals surface area contributed by atoms with Gasteiger partial charge in [0.25, 0.3) is 0 Å². The molecule has 0 heterocycles. The maximum absolute atomic E-state index is 13.7. The lowest BCUT2D eigenvalue weighted by Gasteiger charge is -2.54. The maximum Gasteiger partial charge on any atom is 0.303 e. The van der Waals surface area contributed by atoms with E-state index in [1.165, 1.54) is 36.3 Å². The number of anilines is 1. The van der Waals surface area contributed by atoms with Gasteiger partial charge < -0.3 is 14.4 Å². The predicted molar refractivity (Wildman–Crippen MR) is 142 cm³/mol. The van der Waals surface area contributed by atoms with E-state index in [0.717, 1.165) is 31.4 Å². The molecule has 0 aliphatic heterocycles. The van der Waals surface area contributed by atoms with Crippen molar-refractivity contribution in [1.82, 2.24) is 0 Å². The first-order valence-electron chi connectivity index (χ1n) is 13.5. The molecule has 0 aromatic heterocycles. The van der Waals surface area contributed by atoms with E-state index < -0.39 is 17.0 Å². The van der Waals surface area contributed by atoms with Crippen LogP contribution >= 0.6 is 0 Å². The average Bonchev–Trinajstić information content (AvgIpc) is 3.15. The molecule has 37 heavy (non-hydrogen) atoms. The van der Waals surface area contributed by atoms with Gasteiger partial charge in [0.1, 0.15) is 12.4 Å². The number of hydrogen-bond acceptors (Lipinski definition) is 6. The van der Waals surface area contributed by atoms with Crippen molar-refractivity contribution in [2.24, 2.45) is 17.3 Å². The third kappa shape index (κ3) is 4.08. The fraction of sp³-hybridized carbons (Fsp3) is 0.581. The van der Waals surface area contributed by atoms with E-state index in [1.807, 2.05) is 14.1 Å². The Labute approximate surface area is 220 Å². The first kappa shape index (κ1) is 25.9. The molecule has 6 heteroatoms. The second-order valence-corrected chi connectivity index (χ2v) is 11.8. The molecule has 4 aliphatic carbocycles. The lowest BCUT2D eigenvalue weighted by atomic mass is 9.51. The molecule has 2 unspecified atom stereocenters. The summed E-state index contributed by atoms with van der Waals surface area (Å²) in [6.07, 6.45) is 7.14. The van der Waals surface area contributed by atoms with E-state index in [4.69, 9.17) is 9.47 Å². The predicted octanol–water partition coefficient (Wildman–Crippen LogP) is 5.17. The molecule has 1 aromatic carbocycles. The molecule has 5 rings (SSSR count). The third-order valence-electron chi connectivity index (χ3n) is 9.69. The first-order chi connectivity index (χ1) is 17.6. The van der Waals surface area contributed by atoms with Gasteiger partial charge in [-0.3, -0.25) is 14.4 Å². The van der Waals surface area contributed by atoms with Crippen LogP contribution in [0.25, 0.3) is 0 Å². The molecule has 0 bridgehead atoms. The van der Waals surface area contributed by atoms with Crippen LogP contribution in [0.2, 0.25) is 0 Å².